The van der Waals surface area contributed by atoms with Gasteiger partial charge in [0.15, 0.2) is 0 Å². The topological polar surface area (TPSA) is 62.1 Å². The highest BCUT2D eigenvalue weighted by molar-refractivity contribution is 5.95. The number of nitrogens with one attached hydrogen (secondary N) is 1. The van der Waals surface area contributed by atoms with Crippen LogP contribution in [0.4, 0.5) is 5.69 Å². The Labute approximate surface area is 136 Å². The largest absolute Gasteiger partial charge is 0.496 e. The smallest absolute Gasteiger partial charge is 0.242 e. The summed E-state index contributed by atoms with van der Waals surface area (Å²) in [5.74, 6) is -0.385. The molecule has 0 bridgehead atoms. The van der Waals surface area contributed by atoms with Gasteiger partial charge in [0.1, 0.15) is 11.7 Å². The molecule has 118 valence electrons. The Bertz CT molecular complexity index is 747. The first kappa shape index (κ1) is 16.6. The standard InChI is InChI=1S/C19H20N2O2/c1-13-8-9-17(14(2)10-13)21-19(22)16(12-20)11-15-6-4-5-7-18(15)23-3/h4-10,16H,11H2,1-3H3,(H,21,22)/t16-/m1/s1. The summed E-state index contributed by atoms with van der Waals surface area (Å²) in [5, 5.41) is 12.2. The molecule has 0 spiro atoms. The molecule has 1 amide bonds. The zero-order chi connectivity index (χ0) is 16.8. The van der Waals surface area contributed by atoms with E-state index in [4.69, 9.17) is 4.74 Å². The Morgan fingerprint density at radius 3 is 2.65 bits per heavy atom. The molecule has 0 saturated carbocycles. The van der Waals surface area contributed by atoms with Crippen molar-refractivity contribution >= 4 is 11.6 Å². The first-order chi connectivity index (χ1) is 11.0. The Morgan fingerprint density at radius 1 is 1.26 bits per heavy atom. The van der Waals surface area contributed by atoms with Crippen LogP contribution in [0.1, 0.15) is 16.7 Å². The molecule has 0 aliphatic heterocycles. The Kier molecular flexibility index (Phi) is 5.37. The lowest BCUT2D eigenvalue weighted by molar-refractivity contribution is -0.118. The van der Waals surface area contributed by atoms with Gasteiger partial charge < -0.3 is 10.1 Å². The number of anilines is 1. The van der Waals surface area contributed by atoms with E-state index in [1.165, 1.54) is 0 Å². The third-order valence-corrected chi connectivity index (χ3v) is 3.73. The Balaban J connectivity index is 2.14. The number of benzene rings is 2. The Hall–Kier alpha value is -2.80. The number of hydrogen-bond acceptors (Lipinski definition) is 3. The van der Waals surface area contributed by atoms with Crippen molar-refractivity contribution < 1.29 is 9.53 Å². The predicted molar refractivity (Wildman–Crippen MR) is 90.3 cm³/mol. The summed E-state index contributed by atoms with van der Waals surface area (Å²) < 4.78 is 5.28. The van der Waals surface area contributed by atoms with Crippen LogP contribution in [0.3, 0.4) is 0 Å². The molecule has 2 aromatic carbocycles. The molecule has 2 rings (SSSR count). The van der Waals surface area contributed by atoms with Crippen LogP contribution in [0.15, 0.2) is 42.5 Å². The summed E-state index contributed by atoms with van der Waals surface area (Å²) in [4.78, 5) is 12.4. The number of hydrogen-bond donors (Lipinski definition) is 1. The number of nitrogens with zero attached hydrogens (tertiary/aromatic N) is 1. The number of para-hydroxylation sites is 1. The second-order valence-corrected chi connectivity index (χ2v) is 5.51. The van der Waals surface area contributed by atoms with Gasteiger partial charge in [-0.1, -0.05) is 35.9 Å². The Morgan fingerprint density at radius 2 is 2.00 bits per heavy atom. The fourth-order valence-corrected chi connectivity index (χ4v) is 2.46. The van der Waals surface area contributed by atoms with Gasteiger partial charge >= 0.3 is 0 Å². The van der Waals surface area contributed by atoms with E-state index in [0.717, 1.165) is 22.4 Å². The molecule has 0 unspecified atom stereocenters. The van der Waals surface area contributed by atoms with Crippen LogP contribution in [0.25, 0.3) is 0 Å². The molecule has 4 heteroatoms. The maximum atomic E-state index is 12.4. The third kappa shape index (κ3) is 4.10. The van der Waals surface area contributed by atoms with Gasteiger partial charge in [-0.25, -0.2) is 0 Å². The number of rotatable bonds is 5. The van der Waals surface area contributed by atoms with E-state index < -0.39 is 5.92 Å². The first-order valence-electron chi connectivity index (χ1n) is 7.44. The van der Waals surface area contributed by atoms with Crippen LogP contribution < -0.4 is 10.1 Å². The molecular weight excluding hydrogens is 288 g/mol. The summed E-state index contributed by atoms with van der Waals surface area (Å²) in [7, 11) is 1.58. The van der Waals surface area contributed by atoms with Crippen molar-refractivity contribution in [1.82, 2.24) is 0 Å². The number of carbonyl (C=O) groups excluding carboxylic acids is 1. The molecule has 0 aromatic heterocycles. The highest BCUT2D eigenvalue weighted by Gasteiger charge is 2.20. The van der Waals surface area contributed by atoms with Gasteiger partial charge in [-0.15, -0.1) is 0 Å². The molecule has 4 nitrogen and oxygen atoms in total. The van der Waals surface area contributed by atoms with Crippen molar-refractivity contribution in [2.45, 2.75) is 20.3 Å². The monoisotopic (exact) mass is 308 g/mol. The molecule has 1 N–H and O–H groups in total. The second-order valence-electron chi connectivity index (χ2n) is 5.51. The SMILES string of the molecule is COc1ccccc1C[C@H](C#N)C(=O)Nc1ccc(C)cc1C. The minimum absolute atomic E-state index is 0.301. The van der Waals surface area contributed by atoms with E-state index in [2.05, 4.69) is 11.4 Å². The zero-order valence-corrected chi connectivity index (χ0v) is 13.6. The van der Waals surface area contributed by atoms with E-state index in [-0.39, 0.29) is 5.91 Å². The normalized spacial score (nSPS) is 11.4. The maximum absolute atomic E-state index is 12.4. The number of ether oxygens (including phenoxy) is 1. The van der Waals surface area contributed by atoms with Crippen molar-refractivity contribution in [3.8, 4) is 11.8 Å². The van der Waals surface area contributed by atoms with Crippen LogP contribution in [-0.2, 0) is 11.2 Å². The van der Waals surface area contributed by atoms with Crippen LogP contribution in [-0.4, -0.2) is 13.0 Å². The fourth-order valence-electron chi connectivity index (χ4n) is 2.46. The summed E-state index contributed by atoms with van der Waals surface area (Å²) in [5.41, 5.74) is 3.69. The second kappa shape index (κ2) is 7.46. The van der Waals surface area contributed by atoms with Crippen LogP contribution in [0.2, 0.25) is 0 Å². The molecule has 2 aromatic rings. The van der Waals surface area contributed by atoms with Crippen molar-refractivity contribution in [3.05, 3.63) is 59.2 Å². The van der Waals surface area contributed by atoms with Crippen LogP contribution >= 0.6 is 0 Å². The number of nitriles is 1. The van der Waals surface area contributed by atoms with Crippen LogP contribution in [0.5, 0.6) is 5.75 Å². The van der Waals surface area contributed by atoms with E-state index in [0.29, 0.717) is 12.2 Å². The van der Waals surface area contributed by atoms with Crippen molar-refractivity contribution in [1.29, 1.82) is 5.26 Å². The summed E-state index contributed by atoms with van der Waals surface area (Å²) in [6.45, 7) is 3.93. The number of methoxy groups -OCH3 is 1. The minimum Gasteiger partial charge on any atom is -0.496 e. The molecule has 0 fully saturated rings. The molecular formula is C19H20N2O2. The van der Waals surface area contributed by atoms with Gasteiger partial charge in [-0.05, 0) is 37.1 Å². The van der Waals surface area contributed by atoms with E-state index in [1.807, 2.05) is 56.3 Å². The van der Waals surface area contributed by atoms with Gasteiger partial charge in [0.25, 0.3) is 0 Å². The van der Waals surface area contributed by atoms with Gasteiger partial charge in [0.2, 0.25) is 5.91 Å². The summed E-state index contributed by atoms with van der Waals surface area (Å²) in [6, 6.07) is 15.3. The summed E-state index contributed by atoms with van der Waals surface area (Å²) in [6.07, 6.45) is 0.317. The third-order valence-electron chi connectivity index (χ3n) is 3.73. The number of amides is 1. The molecule has 0 saturated heterocycles. The lowest BCUT2D eigenvalue weighted by Gasteiger charge is -2.14. The predicted octanol–water partition coefficient (Wildman–Crippen LogP) is 3.63. The number of carbonyl (C=O) groups is 1. The zero-order valence-electron chi connectivity index (χ0n) is 13.6. The first-order valence-corrected chi connectivity index (χ1v) is 7.44. The van der Waals surface area contributed by atoms with Gasteiger partial charge in [0.05, 0.1) is 13.2 Å². The van der Waals surface area contributed by atoms with Crippen molar-refractivity contribution in [3.63, 3.8) is 0 Å². The van der Waals surface area contributed by atoms with E-state index in [9.17, 15) is 10.1 Å². The summed E-state index contributed by atoms with van der Waals surface area (Å²) >= 11 is 0. The van der Waals surface area contributed by atoms with Crippen molar-refractivity contribution in [2.75, 3.05) is 12.4 Å². The minimum atomic E-state index is -0.771. The molecule has 0 aliphatic carbocycles. The maximum Gasteiger partial charge on any atom is 0.242 e. The van der Waals surface area contributed by atoms with Crippen molar-refractivity contribution in [2.24, 2.45) is 5.92 Å². The molecule has 23 heavy (non-hydrogen) atoms. The van der Waals surface area contributed by atoms with Gasteiger partial charge in [-0.2, -0.15) is 5.26 Å². The highest BCUT2D eigenvalue weighted by atomic mass is 16.5. The average Bonchev–Trinajstić information content (AvgIpc) is 2.55. The molecule has 0 aliphatic rings. The average molecular weight is 308 g/mol. The van der Waals surface area contributed by atoms with E-state index in [1.54, 1.807) is 7.11 Å². The fraction of sp³-hybridized carbons (Fsp3) is 0.263. The lowest BCUT2D eigenvalue weighted by Crippen LogP contribution is -2.24. The molecule has 1 atom stereocenters. The van der Waals surface area contributed by atoms with Crippen LogP contribution in [0, 0.1) is 31.1 Å². The molecule has 0 heterocycles. The molecule has 0 radical (unpaired) electrons. The lowest BCUT2D eigenvalue weighted by atomic mass is 9.98. The van der Waals surface area contributed by atoms with E-state index >= 15 is 0 Å². The van der Waals surface area contributed by atoms with Gasteiger partial charge in [-0.3, -0.25) is 4.79 Å². The number of aryl methyl sites for hydroxylation is 2. The van der Waals surface area contributed by atoms with Gasteiger partial charge in [0, 0.05) is 12.1 Å². The highest BCUT2D eigenvalue weighted by Crippen LogP contribution is 2.22. The quantitative estimate of drug-likeness (QED) is 0.917.